The van der Waals surface area contributed by atoms with Gasteiger partial charge in [0.25, 0.3) is 12.3 Å². The average Bonchev–Trinajstić information content (AvgIpc) is 3.39. The first-order valence-corrected chi connectivity index (χ1v) is 11.6. The van der Waals surface area contributed by atoms with Crippen molar-refractivity contribution in [3.63, 3.8) is 0 Å². The number of pyridine rings is 1. The quantitative estimate of drug-likeness (QED) is 0.236. The number of alkyl halides is 4. The van der Waals surface area contributed by atoms with Crippen LogP contribution in [0.3, 0.4) is 0 Å². The van der Waals surface area contributed by atoms with Crippen LogP contribution in [0.4, 0.5) is 29.1 Å². The van der Waals surface area contributed by atoms with Gasteiger partial charge in [0.15, 0.2) is 11.6 Å². The van der Waals surface area contributed by atoms with E-state index in [0.717, 1.165) is 12.3 Å². The third-order valence-electron chi connectivity index (χ3n) is 5.47. The predicted molar refractivity (Wildman–Crippen MR) is 129 cm³/mol. The highest BCUT2D eigenvalue weighted by atomic mass is 35.5. The minimum absolute atomic E-state index is 0.0259. The van der Waals surface area contributed by atoms with Gasteiger partial charge in [0, 0.05) is 28.3 Å². The van der Waals surface area contributed by atoms with Crippen molar-refractivity contribution in [3.05, 3.63) is 87.0 Å². The Morgan fingerprint density at radius 3 is 2.33 bits per heavy atom. The van der Waals surface area contributed by atoms with E-state index >= 15 is 0 Å². The number of amides is 2. The largest absolute Gasteiger partial charge is 0.326 e. The van der Waals surface area contributed by atoms with E-state index in [9.17, 15) is 27.2 Å². The molecule has 1 aliphatic carbocycles. The van der Waals surface area contributed by atoms with E-state index in [-0.39, 0.29) is 21.3 Å². The number of aromatic nitrogens is 1. The normalized spacial score (nSPS) is 18.1. The van der Waals surface area contributed by atoms with Crippen molar-refractivity contribution < 1.29 is 27.2 Å². The summed E-state index contributed by atoms with van der Waals surface area (Å²) in [5.74, 6) is -5.85. The van der Waals surface area contributed by atoms with Crippen LogP contribution >= 0.6 is 46.4 Å². The van der Waals surface area contributed by atoms with Crippen LogP contribution in [0.1, 0.15) is 33.8 Å². The Balaban J connectivity index is 1.52. The lowest BCUT2D eigenvalue weighted by Crippen LogP contribution is -2.19. The highest BCUT2D eigenvalue weighted by Crippen LogP contribution is 2.65. The number of hydrogen-bond acceptors (Lipinski definition) is 3. The molecule has 2 atom stereocenters. The first-order chi connectivity index (χ1) is 16.9. The van der Waals surface area contributed by atoms with Gasteiger partial charge in [-0.3, -0.25) is 9.59 Å². The van der Waals surface area contributed by atoms with Crippen LogP contribution in [-0.2, 0) is 4.79 Å². The first-order valence-electron chi connectivity index (χ1n) is 10.1. The summed E-state index contributed by atoms with van der Waals surface area (Å²) in [4.78, 5) is 29.0. The molecule has 3 aromatic rings. The van der Waals surface area contributed by atoms with Gasteiger partial charge in [-0.25, -0.2) is 22.5 Å². The molecule has 0 spiro atoms. The third-order valence-corrected chi connectivity index (χ3v) is 7.08. The van der Waals surface area contributed by atoms with Crippen molar-refractivity contribution in [2.45, 2.75) is 16.7 Å². The number of benzene rings is 2. The number of carbonyl (C=O) groups is 2. The van der Waals surface area contributed by atoms with Crippen LogP contribution in [0.2, 0.25) is 10.0 Å². The number of nitrogens with one attached hydrogen (secondary N) is 2. The fourth-order valence-electron chi connectivity index (χ4n) is 3.67. The molecule has 0 saturated heterocycles. The van der Waals surface area contributed by atoms with Crippen molar-refractivity contribution in [2.24, 2.45) is 5.92 Å². The first kappa shape index (κ1) is 26.5. The Bertz CT molecular complexity index is 1370. The van der Waals surface area contributed by atoms with Crippen molar-refractivity contribution >= 4 is 69.7 Å². The average molecular weight is 581 g/mol. The second-order valence-electron chi connectivity index (χ2n) is 7.83. The molecule has 13 heteroatoms. The van der Waals surface area contributed by atoms with Gasteiger partial charge >= 0.3 is 0 Å². The molecule has 1 heterocycles. The predicted octanol–water partition coefficient (Wildman–Crippen LogP) is 7.38. The summed E-state index contributed by atoms with van der Waals surface area (Å²) in [6.07, 6.45) is -2.11. The van der Waals surface area contributed by atoms with E-state index in [2.05, 4.69) is 15.6 Å². The van der Waals surface area contributed by atoms with E-state index in [1.165, 1.54) is 30.3 Å². The summed E-state index contributed by atoms with van der Waals surface area (Å²) >= 11 is 24.5. The molecule has 2 unspecified atom stereocenters. The Kier molecular flexibility index (Phi) is 7.39. The molecule has 0 bridgehead atoms. The lowest BCUT2D eigenvalue weighted by Gasteiger charge is -2.10. The smallest absolute Gasteiger partial charge is 0.265 e. The maximum atomic E-state index is 13.8. The minimum Gasteiger partial charge on any atom is -0.326 e. The minimum atomic E-state index is -2.83. The molecular weight excluding hydrogens is 568 g/mol. The van der Waals surface area contributed by atoms with Gasteiger partial charge in [0.2, 0.25) is 5.91 Å². The van der Waals surface area contributed by atoms with Crippen LogP contribution < -0.4 is 10.6 Å². The fraction of sp³-hybridized carbons (Fsp3) is 0.174. The summed E-state index contributed by atoms with van der Waals surface area (Å²) in [5, 5.41) is 4.56. The van der Waals surface area contributed by atoms with E-state index in [4.69, 9.17) is 46.4 Å². The van der Waals surface area contributed by atoms with Crippen LogP contribution in [0.15, 0.2) is 48.7 Å². The second kappa shape index (κ2) is 10.0. The van der Waals surface area contributed by atoms with Crippen LogP contribution in [0.5, 0.6) is 0 Å². The SMILES string of the molecule is O=C(Nc1ncc(F)cc1F)c1cc(NC(=O)C2C(c3ccc(Cl)c(C(F)F)c3)C2(Cl)Cl)ccc1Cl. The second-order valence-corrected chi connectivity index (χ2v) is 10.1. The van der Waals surface area contributed by atoms with Crippen LogP contribution in [0, 0.1) is 17.6 Å². The van der Waals surface area contributed by atoms with Crippen molar-refractivity contribution in [3.8, 4) is 0 Å². The van der Waals surface area contributed by atoms with Crippen molar-refractivity contribution in [1.82, 2.24) is 4.98 Å². The summed E-state index contributed by atoms with van der Waals surface area (Å²) in [6, 6.07) is 8.35. The topological polar surface area (TPSA) is 71.1 Å². The van der Waals surface area contributed by atoms with E-state index in [1.807, 2.05) is 0 Å². The Labute approximate surface area is 221 Å². The highest BCUT2D eigenvalue weighted by molar-refractivity contribution is 6.53. The standard InChI is InChI=1S/C23H13Cl4F4N3O2/c24-14-3-1-9(5-12(14)19(30)31)17-18(23(17,26)27)22(36)33-11-2-4-15(25)13(7-11)21(35)34-20-16(29)6-10(28)8-32-20/h1-8,17-19H,(H,33,36)(H,32,34,35). The molecule has 5 nitrogen and oxygen atoms in total. The molecule has 1 aromatic heterocycles. The summed E-state index contributed by atoms with van der Waals surface area (Å²) in [6.45, 7) is 0. The number of rotatable bonds is 6. The van der Waals surface area contributed by atoms with Gasteiger partial charge in [-0.2, -0.15) is 0 Å². The molecule has 2 amide bonds. The zero-order chi connectivity index (χ0) is 26.4. The van der Waals surface area contributed by atoms with Crippen LogP contribution in [0.25, 0.3) is 0 Å². The van der Waals surface area contributed by atoms with Gasteiger partial charge in [0.1, 0.15) is 10.2 Å². The van der Waals surface area contributed by atoms with Crippen molar-refractivity contribution in [1.29, 1.82) is 0 Å². The number of carbonyl (C=O) groups excluding carboxylic acids is 2. The molecule has 2 aromatic carbocycles. The molecule has 0 radical (unpaired) electrons. The monoisotopic (exact) mass is 579 g/mol. The van der Waals surface area contributed by atoms with Gasteiger partial charge in [-0.15, -0.1) is 23.2 Å². The molecule has 1 saturated carbocycles. The van der Waals surface area contributed by atoms with Gasteiger partial charge in [0.05, 0.1) is 22.7 Å². The fourth-order valence-corrected chi connectivity index (χ4v) is 4.90. The summed E-state index contributed by atoms with van der Waals surface area (Å²) in [7, 11) is 0. The van der Waals surface area contributed by atoms with Gasteiger partial charge in [-0.1, -0.05) is 29.3 Å². The van der Waals surface area contributed by atoms with E-state index < -0.39 is 57.4 Å². The molecule has 1 fully saturated rings. The van der Waals surface area contributed by atoms with Crippen molar-refractivity contribution in [2.75, 3.05) is 10.6 Å². The highest BCUT2D eigenvalue weighted by Gasteiger charge is 2.67. The lowest BCUT2D eigenvalue weighted by molar-refractivity contribution is -0.117. The van der Waals surface area contributed by atoms with Gasteiger partial charge in [-0.05, 0) is 35.9 Å². The maximum Gasteiger partial charge on any atom is 0.265 e. The lowest BCUT2D eigenvalue weighted by atomic mass is 10.1. The molecule has 2 N–H and O–H groups in total. The Morgan fingerprint density at radius 2 is 1.67 bits per heavy atom. The maximum absolute atomic E-state index is 13.8. The number of nitrogens with zero attached hydrogens (tertiary/aromatic N) is 1. The van der Waals surface area contributed by atoms with E-state index in [0.29, 0.717) is 11.6 Å². The zero-order valence-electron chi connectivity index (χ0n) is 17.6. The Morgan fingerprint density at radius 1 is 0.972 bits per heavy atom. The molecular formula is C23H13Cl4F4N3O2. The third kappa shape index (κ3) is 5.25. The van der Waals surface area contributed by atoms with Gasteiger partial charge < -0.3 is 10.6 Å². The van der Waals surface area contributed by atoms with E-state index in [1.54, 1.807) is 0 Å². The summed E-state index contributed by atoms with van der Waals surface area (Å²) < 4.78 is 51.8. The number of hydrogen-bond donors (Lipinski definition) is 2. The zero-order valence-corrected chi connectivity index (χ0v) is 20.7. The van der Waals surface area contributed by atoms with Crippen LogP contribution in [-0.4, -0.2) is 21.1 Å². The number of anilines is 2. The molecule has 4 rings (SSSR count). The summed E-state index contributed by atoms with van der Waals surface area (Å²) in [5.41, 5.74) is -0.120. The molecule has 36 heavy (non-hydrogen) atoms. The molecule has 1 aliphatic rings. The Hall–Kier alpha value is -2.59. The number of halogens is 8. The molecule has 188 valence electrons. The molecule has 0 aliphatic heterocycles.